The molecular formula is C17H24N6O. The van der Waals surface area contributed by atoms with Gasteiger partial charge in [0.2, 0.25) is 11.9 Å². The molecule has 7 heteroatoms. The number of nitrogens with one attached hydrogen (secondary N) is 2. The first-order chi connectivity index (χ1) is 11.7. The fourth-order valence-electron chi connectivity index (χ4n) is 2.69. The van der Waals surface area contributed by atoms with Gasteiger partial charge in [-0.3, -0.25) is 10.2 Å². The second kappa shape index (κ2) is 7.55. The Balaban J connectivity index is 1.66. The SMILES string of the molecule is COCCCN1CN=C(Nc2nc(C)c3cc(C)ccc3n2)NC1. The summed E-state index contributed by atoms with van der Waals surface area (Å²) in [4.78, 5) is 15.9. The van der Waals surface area contributed by atoms with Crippen LogP contribution in [-0.2, 0) is 4.74 Å². The first-order valence-electron chi connectivity index (χ1n) is 8.17. The third-order valence-corrected chi connectivity index (χ3v) is 3.99. The average molecular weight is 328 g/mol. The third kappa shape index (κ3) is 3.98. The molecule has 2 aromatic rings. The molecule has 0 bridgehead atoms. The van der Waals surface area contributed by atoms with E-state index in [4.69, 9.17) is 4.74 Å². The maximum atomic E-state index is 5.07. The van der Waals surface area contributed by atoms with Gasteiger partial charge in [0.15, 0.2) is 0 Å². The van der Waals surface area contributed by atoms with Crippen molar-refractivity contribution in [3.63, 3.8) is 0 Å². The van der Waals surface area contributed by atoms with Crippen LogP contribution in [0.2, 0.25) is 0 Å². The molecule has 24 heavy (non-hydrogen) atoms. The number of hydrogen-bond acceptors (Lipinski definition) is 7. The Bertz CT molecular complexity index is 745. The lowest BCUT2D eigenvalue weighted by atomic mass is 10.1. The van der Waals surface area contributed by atoms with Gasteiger partial charge in [-0.25, -0.2) is 15.0 Å². The number of anilines is 1. The minimum atomic E-state index is 0.572. The molecule has 2 N–H and O–H groups in total. The number of guanidine groups is 1. The summed E-state index contributed by atoms with van der Waals surface area (Å²) < 4.78 is 5.07. The number of benzene rings is 1. The van der Waals surface area contributed by atoms with Crippen LogP contribution in [0.1, 0.15) is 17.7 Å². The van der Waals surface area contributed by atoms with Crippen LogP contribution in [0.3, 0.4) is 0 Å². The van der Waals surface area contributed by atoms with E-state index in [0.717, 1.165) is 42.8 Å². The molecule has 128 valence electrons. The Hall–Kier alpha value is -2.25. The summed E-state index contributed by atoms with van der Waals surface area (Å²) in [6, 6.07) is 6.20. The molecule has 0 atom stereocenters. The Labute approximate surface area is 142 Å². The van der Waals surface area contributed by atoms with Crippen molar-refractivity contribution in [2.45, 2.75) is 20.3 Å². The van der Waals surface area contributed by atoms with Gasteiger partial charge in [-0.05, 0) is 32.4 Å². The number of aryl methyl sites for hydroxylation is 2. The van der Waals surface area contributed by atoms with Crippen molar-refractivity contribution in [1.82, 2.24) is 20.2 Å². The van der Waals surface area contributed by atoms with E-state index in [1.54, 1.807) is 7.11 Å². The van der Waals surface area contributed by atoms with Gasteiger partial charge in [-0.1, -0.05) is 11.6 Å². The first kappa shape index (κ1) is 16.6. The van der Waals surface area contributed by atoms with Crippen molar-refractivity contribution in [2.24, 2.45) is 4.99 Å². The van der Waals surface area contributed by atoms with Crippen LogP contribution in [0.25, 0.3) is 10.9 Å². The number of ether oxygens (including phenoxy) is 1. The summed E-state index contributed by atoms with van der Waals surface area (Å²) in [5, 5.41) is 7.53. The van der Waals surface area contributed by atoms with E-state index in [-0.39, 0.29) is 0 Å². The smallest absolute Gasteiger partial charge is 0.230 e. The molecule has 1 aromatic carbocycles. The highest BCUT2D eigenvalue weighted by molar-refractivity contribution is 5.93. The van der Waals surface area contributed by atoms with Gasteiger partial charge in [-0.15, -0.1) is 0 Å². The topological polar surface area (TPSA) is 74.7 Å². The van der Waals surface area contributed by atoms with E-state index < -0.39 is 0 Å². The summed E-state index contributed by atoms with van der Waals surface area (Å²) in [7, 11) is 1.72. The lowest BCUT2D eigenvalue weighted by Crippen LogP contribution is -2.46. The Morgan fingerprint density at radius 1 is 1.29 bits per heavy atom. The van der Waals surface area contributed by atoms with Crippen molar-refractivity contribution in [3.8, 4) is 0 Å². The molecule has 1 aromatic heterocycles. The largest absolute Gasteiger partial charge is 0.385 e. The lowest BCUT2D eigenvalue weighted by molar-refractivity contribution is 0.170. The number of fused-ring (bicyclic) bond motifs is 1. The van der Waals surface area contributed by atoms with E-state index in [2.05, 4.69) is 49.6 Å². The summed E-state index contributed by atoms with van der Waals surface area (Å²) in [6.45, 7) is 7.22. The van der Waals surface area contributed by atoms with Gasteiger partial charge in [0, 0.05) is 25.6 Å². The minimum Gasteiger partial charge on any atom is -0.385 e. The van der Waals surface area contributed by atoms with Crippen LogP contribution in [-0.4, -0.2) is 54.4 Å². The average Bonchev–Trinajstić information content (AvgIpc) is 2.57. The Morgan fingerprint density at radius 3 is 2.92 bits per heavy atom. The van der Waals surface area contributed by atoms with E-state index in [1.807, 2.05) is 13.0 Å². The summed E-state index contributed by atoms with van der Waals surface area (Å²) in [5.41, 5.74) is 3.11. The fraction of sp³-hybridized carbons (Fsp3) is 0.471. The fourth-order valence-corrected chi connectivity index (χ4v) is 2.69. The molecule has 0 amide bonds. The lowest BCUT2D eigenvalue weighted by Gasteiger charge is -2.26. The first-order valence-corrected chi connectivity index (χ1v) is 8.17. The van der Waals surface area contributed by atoms with Gasteiger partial charge >= 0.3 is 0 Å². The molecular weight excluding hydrogens is 304 g/mol. The molecule has 2 heterocycles. The zero-order valence-corrected chi connectivity index (χ0v) is 14.5. The van der Waals surface area contributed by atoms with Crippen LogP contribution < -0.4 is 10.6 Å². The number of nitrogens with zero attached hydrogens (tertiary/aromatic N) is 4. The van der Waals surface area contributed by atoms with E-state index >= 15 is 0 Å². The van der Waals surface area contributed by atoms with Crippen molar-refractivity contribution in [2.75, 3.05) is 38.9 Å². The van der Waals surface area contributed by atoms with Crippen molar-refractivity contribution < 1.29 is 4.74 Å². The molecule has 0 radical (unpaired) electrons. The van der Waals surface area contributed by atoms with E-state index in [9.17, 15) is 0 Å². The quantitative estimate of drug-likeness (QED) is 0.816. The zero-order chi connectivity index (χ0) is 16.9. The van der Waals surface area contributed by atoms with E-state index in [0.29, 0.717) is 18.6 Å². The van der Waals surface area contributed by atoms with E-state index in [1.165, 1.54) is 5.56 Å². The summed E-state index contributed by atoms with van der Waals surface area (Å²) in [6.07, 6.45) is 1.00. The molecule has 1 aliphatic heterocycles. The van der Waals surface area contributed by atoms with Gasteiger partial charge in [0.1, 0.15) is 0 Å². The molecule has 0 spiro atoms. The standard InChI is InChI=1S/C17H24N6O/c1-12-5-6-15-14(9-12)13(2)20-17(21-15)22-16-18-10-23(11-19-16)7-4-8-24-3/h5-6,9H,4,7-8,10-11H2,1-3H3,(H2,18,19,20,21,22). The minimum absolute atomic E-state index is 0.572. The number of hydrogen-bond donors (Lipinski definition) is 2. The van der Waals surface area contributed by atoms with Gasteiger partial charge in [0.05, 0.1) is 24.5 Å². The summed E-state index contributed by atoms with van der Waals surface area (Å²) in [5.74, 6) is 1.28. The van der Waals surface area contributed by atoms with Gasteiger partial charge in [-0.2, -0.15) is 0 Å². The highest BCUT2D eigenvalue weighted by atomic mass is 16.5. The number of methoxy groups -OCH3 is 1. The predicted molar refractivity (Wildman–Crippen MR) is 96.1 cm³/mol. The third-order valence-electron chi connectivity index (χ3n) is 3.99. The Morgan fingerprint density at radius 2 is 2.17 bits per heavy atom. The molecule has 0 aliphatic carbocycles. The molecule has 1 aliphatic rings. The molecule has 0 saturated carbocycles. The molecule has 0 unspecified atom stereocenters. The second-order valence-electron chi connectivity index (χ2n) is 6.00. The molecule has 0 fully saturated rings. The number of aromatic nitrogens is 2. The zero-order valence-electron chi connectivity index (χ0n) is 14.5. The molecule has 7 nitrogen and oxygen atoms in total. The van der Waals surface area contributed by atoms with Crippen LogP contribution in [0.15, 0.2) is 23.2 Å². The number of rotatable bonds is 5. The van der Waals surface area contributed by atoms with Crippen molar-refractivity contribution >= 4 is 22.8 Å². The highest BCUT2D eigenvalue weighted by Gasteiger charge is 2.13. The maximum absolute atomic E-state index is 5.07. The highest BCUT2D eigenvalue weighted by Crippen LogP contribution is 2.18. The van der Waals surface area contributed by atoms with Crippen LogP contribution in [0.5, 0.6) is 0 Å². The van der Waals surface area contributed by atoms with Crippen LogP contribution >= 0.6 is 0 Å². The monoisotopic (exact) mass is 328 g/mol. The van der Waals surface area contributed by atoms with Crippen LogP contribution in [0, 0.1) is 13.8 Å². The van der Waals surface area contributed by atoms with Crippen molar-refractivity contribution in [3.05, 3.63) is 29.5 Å². The normalized spacial score (nSPS) is 15.2. The van der Waals surface area contributed by atoms with Gasteiger partial charge < -0.3 is 10.1 Å². The number of aliphatic imine (C=N–C) groups is 1. The van der Waals surface area contributed by atoms with Crippen LogP contribution in [0.4, 0.5) is 5.95 Å². The second-order valence-corrected chi connectivity index (χ2v) is 6.00. The molecule has 0 saturated heterocycles. The Kier molecular flexibility index (Phi) is 5.22. The predicted octanol–water partition coefficient (Wildman–Crippen LogP) is 1.87. The molecule has 3 rings (SSSR count). The van der Waals surface area contributed by atoms with Gasteiger partial charge in [0.25, 0.3) is 0 Å². The maximum Gasteiger partial charge on any atom is 0.230 e. The van der Waals surface area contributed by atoms with Crippen molar-refractivity contribution in [1.29, 1.82) is 0 Å². The summed E-state index contributed by atoms with van der Waals surface area (Å²) >= 11 is 0.